The third-order valence-corrected chi connectivity index (χ3v) is 5.31. The van der Waals surface area contributed by atoms with Gasteiger partial charge in [-0.05, 0) is 23.5 Å². The molecule has 0 bridgehead atoms. The second kappa shape index (κ2) is 3.65. The molecule has 0 saturated heterocycles. The molecule has 0 aliphatic heterocycles. The Labute approximate surface area is 104 Å². The molecule has 0 atom stereocenters. The van der Waals surface area contributed by atoms with E-state index in [0.717, 1.165) is 3.14 Å². The van der Waals surface area contributed by atoms with Gasteiger partial charge in [0.25, 0.3) is 0 Å². The van der Waals surface area contributed by atoms with Gasteiger partial charge in [-0.3, -0.25) is 0 Å². The SMILES string of the molecule is Cc1ccc(C(C)(C)C)c2sc(=S)sc12. The molecule has 0 unspecified atom stereocenters. The number of hydrogen-bond acceptors (Lipinski definition) is 3. The Bertz CT molecular complexity index is 552. The molecule has 80 valence electrons. The maximum Gasteiger partial charge on any atom is 0.144 e. The van der Waals surface area contributed by atoms with Gasteiger partial charge in [0.15, 0.2) is 0 Å². The molecule has 1 heterocycles. The Morgan fingerprint density at radius 2 is 1.67 bits per heavy atom. The summed E-state index contributed by atoms with van der Waals surface area (Å²) < 4.78 is 3.79. The van der Waals surface area contributed by atoms with Gasteiger partial charge in [0.05, 0.1) is 4.70 Å². The highest BCUT2D eigenvalue weighted by atomic mass is 32.2. The third-order valence-electron chi connectivity index (χ3n) is 2.49. The lowest BCUT2D eigenvalue weighted by Crippen LogP contribution is -2.10. The average Bonchev–Trinajstić information content (AvgIpc) is 2.45. The minimum atomic E-state index is 0.200. The van der Waals surface area contributed by atoms with E-state index in [1.165, 1.54) is 20.5 Å². The van der Waals surface area contributed by atoms with Crippen LogP contribution in [0.3, 0.4) is 0 Å². The van der Waals surface area contributed by atoms with E-state index >= 15 is 0 Å². The van der Waals surface area contributed by atoms with E-state index in [2.05, 4.69) is 39.8 Å². The van der Waals surface area contributed by atoms with E-state index in [1.54, 1.807) is 22.7 Å². The van der Waals surface area contributed by atoms with Crippen molar-refractivity contribution in [3.63, 3.8) is 0 Å². The van der Waals surface area contributed by atoms with Crippen LogP contribution in [0.4, 0.5) is 0 Å². The first-order valence-electron chi connectivity index (χ1n) is 4.93. The molecule has 0 radical (unpaired) electrons. The van der Waals surface area contributed by atoms with Crippen molar-refractivity contribution in [3.05, 3.63) is 26.4 Å². The van der Waals surface area contributed by atoms with E-state index in [9.17, 15) is 0 Å². The van der Waals surface area contributed by atoms with Crippen LogP contribution in [0.2, 0.25) is 0 Å². The molecule has 2 rings (SSSR count). The summed E-state index contributed by atoms with van der Waals surface area (Å²) in [4.78, 5) is 0. The lowest BCUT2D eigenvalue weighted by molar-refractivity contribution is 0.596. The van der Waals surface area contributed by atoms with Crippen LogP contribution in [0.15, 0.2) is 12.1 Å². The molecular weight excluding hydrogens is 240 g/mol. The fraction of sp³-hybridized carbons (Fsp3) is 0.417. The summed E-state index contributed by atoms with van der Waals surface area (Å²) in [7, 11) is 0. The normalized spacial score (nSPS) is 12.3. The topological polar surface area (TPSA) is 0 Å². The van der Waals surface area contributed by atoms with Gasteiger partial charge >= 0.3 is 0 Å². The van der Waals surface area contributed by atoms with Gasteiger partial charge in [-0.25, -0.2) is 0 Å². The number of aryl methyl sites for hydroxylation is 1. The smallest absolute Gasteiger partial charge is 0.112 e. The van der Waals surface area contributed by atoms with Crippen LogP contribution < -0.4 is 0 Å². The van der Waals surface area contributed by atoms with Gasteiger partial charge in [0, 0.05) is 4.70 Å². The van der Waals surface area contributed by atoms with E-state index in [1.807, 2.05) is 0 Å². The molecule has 2 aromatic rings. The van der Waals surface area contributed by atoms with Crippen molar-refractivity contribution in [3.8, 4) is 0 Å². The fourth-order valence-corrected chi connectivity index (χ4v) is 4.59. The molecule has 0 amide bonds. The van der Waals surface area contributed by atoms with Crippen molar-refractivity contribution in [2.24, 2.45) is 0 Å². The van der Waals surface area contributed by atoms with Crippen molar-refractivity contribution >= 4 is 44.3 Å². The summed E-state index contributed by atoms with van der Waals surface area (Å²) in [6, 6.07) is 4.45. The second-order valence-corrected chi connectivity index (χ2v) is 8.02. The highest BCUT2D eigenvalue weighted by Gasteiger charge is 2.18. The van der Waals surface area contributed by atoms with Gasteiger partial charge in [0.2, 0.25) is 0 Å². The van der Waals surface area contributed by atoms with E-state index in [-0.39, 0.29) is 5.41 Å². The average molecular weight is 254 g/mol. The van der Waals surface area contributed by atoms with E-state index in [4.69, 9.17) is 12.2 Å². The quantitative estimate of drug-likeness (QED) is 0.575. The number of rotatable bonds is 0. The summed E-state index contributed by atoms with van der Waals surface area (Å²) in [6.07, 6.45) is 0. The van der Waals surface area contributed by atoms with Crippen LogP contribution >= 0.6 is 34.9 Å². The van der Waals surface area contributed by atoms with Crippen LogP contribution in [0.1, 0.15) is 31.9 Å². The standard InChI is InChI=1S/C12H14S3/c1-7-5-6-8(12(2,3)4)10-9(7)14-11(13)15-10/h5-6H,1-4H3. The summed E-state index contributed by atoms with van der Waals surface area (Å²) in [5, 5.41) is 0. The molecule has 0 nitrogen and oxygen atoms in total. The Hall–Kier alpha value is -0.250. The van der Waals surface area contributed by atoms with Crippen LogP contribution in [0.25, 0.3) is 9.40 Å². The zero-order chi connectivity index (χ0) is 11.2. The lowest BCUT2D eigenvalue weighted by Gasteiger charge is -2.20. The zero-order valence-corrected chi connectivity index (χ0v) is 11.8. The monoisotopic (exact) mass is 254 g/mol. The molecular formula is C12H14S3. The van der Waals surface area contributed by atoms with Crippen LogP contribution in [-0.4, -0.2) is 0 Å². The molecule has 0 N–H and O–H groups in total. The second-order valence-electron chi connectivity index (χ2n) is 4.79. The van der Waals surface area contributed by atoms with Crippen LogP contribution in [-0.2, 0) is 5.41 Å². The predicted molar refractivity (Wildman–Crippen MR) is 74.0 cm³/mol. The van der Waals surface area contributed by atoms with Gasteiger partial charge in [-0.15, -0.1) is 22.7 Å². The van der Waals surface area contributed by atoms with E-state index in [0.29, 0.717) is 0 Å². The Balaban J connectivity index is 2.89. The molecule has 15 heavy (non-hydrogen) atoms. The first-order valence-corrected chi connectivity index (χ1v) is 6.97. The predicted octanol–water partition coefficient (Wildman–Crippen LogP) is 5.30. The summed E-state index contributed by atoms with van der Waals surface area (Å²) in [5.74, 6) is 0. The van der Waals surface area contributed by atoms with Gasteiger partial charge in [-0.1, -0.05) is 45.1 Å². The first-order chi connectivity index (χ1) is 6.89. The molecule has 0 saturated carbocycles. The number of benzene rings is 1. The molecule has 0 aliphatic rings. The lowest BCUT2D eigenvalue weighted by atomic mass is 9.86. The molecule has 0 spiro atoms. The minimum absolute atomic E-state index is 0.200. The maximum atomic E-state index is 5.29. The first kappa shape index (κ1) is 11.2. The highest BCUT2D eigenvalue weighted by molar-refractivity contribution is 7.77. The fourth-order valence-electron chi connectivity index (χ4n) is 1.67. The van der Waals surface area contributed by atoms with Gasteiger partial charge in [0.1, 0.15) is 3.14 Å². The minimum Gasteiger partial charge on any atom is -0.112 e. The zero-order valence-electron chi connectivity index (χ0n) is 9.38. The van der Waals surface area contributed by atoms with Crippen molar-refractivity contribution in [1.29, 1.82) is 0 Å². The van der Waals surface area contributed by atoms with Crippen molar-refractivity contribution in [2.75, 3.05) is 0 Å². The highest BCUT2D eigenvalue weighted by Crippen LogP contribution is 2.38. The third kappa shape index (κ3) is 2.01. The molecule has 0 aliphatic carbocycles. The summed E-state index contributed by atoms with van der Waals surface area (Å²) in [5.41, 5.74) is 2.96. The van der Waals surface area contributed by atoms with Crippen molar-refractivity contribution in [1.82, 2.24) is 0 Å². The van der Waals surface area contributed by atoms with Crippen molar-refractivity contribution in [2.45, 2.75) is 33.1 Å². The largest absolute Gasteiger partial charge is 0.144 e. The number of fused-ring (bicyclic) bond motifs is 1. The Morgan fingerprint density at radius 1 is 1.07 bits per heavy atom. The van der Waals surface area contributed by atoms with Crippen molar-refractivity contribution < 1.29 is 0 Å². The number of hydrogen-bond donors (Lipinski definition) is 0. The molecule has 0 fully saturated rings. The van der Waals surface area contributed by atoms with E-state index < -0.39 is 0 Å². The van der Waals surface area contributed by atoms with Gasteiger partial charge < -0.3 is 0 Å². The molecule has 3 heteroatoms. The van der Waals surface area contributed by atoms with Crippen LogP contribution in [0.5, 0.6) is 0 Å². The van der Waals surface area contributed by atoms with Gasteiger partial charge in [-0.2, -0.15) is 0 Å². The molecule has 1 aromatic heterocycles. The van der Waals surface area contributed by atoms with Crippen LogP contribution in [0, 0.1) is 10.1 Å². The molecule has 1 aromatic carbocycles. The summed E-state index contributed by atoms with van der Waals surface area (Å²) in [6.45, 7) is 8.92. The Morgan fingerprint density at radius 3 is 2.27 bits per heavy atom. The summed E-state index contributed by atoms with van der Waals surface area (Å²) >= 11 is 8.79. The Kier molecular flexibility index (Phi) is 2.73. The maximum absolute atomic E-state index is 5.29.